The summed E-state index contributed by atoms with van der Waals surface area (Å²) in [6.07, 6.45) is 0.465. The number of nitrogens with zero attached hydrogens (tertiary/aromatic N) is 2. The number of aryl methyl sites for hydroxylation is 1. The highest BCUT2D eigenvalue weighted by Gasteiger charge is 2.13. The van der Waals surface area contributed by atoms with Gasteiger partial charge in [0.2, 0.25) is 5.89 Å². The van der Waals surface area contributed by atoms with E-state index in [9.17, 15) is 4.39 Å². The van der Waals surface area contributed by atoms with Crippen molar-refractivity contribution in [3.05, 3.63) is 29.9 Å². The molecule has 0 fully saturated rings. The SMILES string of the molecule is COc1ccc(-c2nnc(CCCl)o2)c(F)c1. The van der Waals surface area contributed by atoms with Crippen molar-refractivity contribution < 1.29 is 13.5 Å². The molecule has 1 aromatic carbocycles. The van der Waals surface area contributed by atoms with E-state index < -0.39 is 5.82 Å². The number of aromatic nitrogens is 2. The number of rotatable bonds is 4. The van der Waals surface area contributed by atoms with Crippen LogP contribution in [-0.4, -0.2) is 23.2 Å². The molecule has 0 spiro atoms. The molecule has 0 aliphatic rings. The van der Waals surface area contributed by atoms with E-state index in [-0.39, 0.29) is 11.5 Å². The van der Waals surface area contributed by atoms with Crippen LogP contribution in [0.2, 0.25) is 0 Å². The molecule has 0 unspecified atom stereocenters. The Hall–Kier alpha value is -1.62. The number of hydrogen-bond acceptors (Lipinski definition) is 4. The van der Waals surface area contributed by atoms with Crippen LogP contribution in [0.3, 0.4) is 0 Å². The van der Waals surface area contributed by atoms with Gasteiger partial charge in [0.25, 0.3) is 5.89 Å². The van der Waals surface area contributed by atoms with Crippen LogP contribution in [0.5, 0.6) is 5.75 Å². The van der Waals surface area contributed by atoms with Crippen LogP contribution in [0, 0.1) is 5.82 Å². The maximum Gasteiger partial charge on any atom is 0.250 e. The fraction of sp³-hybridized carbons (Fsp3) is 0.273. The summed E-state index contributed by atoms with van der Waals surface area (Å²) in [6, 6.07) is 4.43. The third kappa shape index (κ3) is 2.55. The summed E-state index contributed by atoms with van der Waals surface area (Å²) >= 11 is 5.54. The molecular formula is C11H10ClFN2O2. The summed E-state index contributed by atoms with van der Waals surface area (Å²) in [6.45, 7) is 0. The second kappa shape index (κ2) is 5.14. The van der Waals surface area contributed by atoms with Crippen LogP contribution in [0.1, 0.15) is 5.89 Å². The zero-order chi connectivity index (χ0) is 12.3. The van der Waals surface area contributed by atoms with Gasteiger partial charge in [-0.25, -0.2) is 4.39 Å². The second-order valence-electron chi connectivity index (χ2n) is 3.29. The van der Waals surface area contributed by atoms with E-state index in [1.807, 2.05) is 0 Å². The first-order valence-electron chi connectivity index (χ1n) is 4.97. The molecule has 1 aromatic heterocycles. The molecule has 2 rings (SSSR count). The maximum atomic E-state index is 13.7. The summed E-state index contributed by atoms with van der Waals surface area (Å²) in [4.78, 5) is 0. The Bertz CT molecular complexity index is 516. The Balaban J connectivity index is 2.32. The van der Waals surface area contributed by atoms with Crippen LogP contribution >= 0.6 is 11.6 Å². The van der Waals surface area contributed by atoms with Crippen LogP contribution in [0.4, 0.5) is 4.39 Å². The predicted molar refractivity (Wildman–Crippen MR) is 60.7 cm³/mol. The molecule has 17 heavy (non-hydrogen) atoms. The Morgan fingerprint density at radius 3 is 2.88 bits per heavy atom. The zero-order valence-electron chi connectivity index (χ0n) is 9.11. The maximum absolute atomic E-state index is 13.7. The molecule has 6 heteroatoms. The van der Waals surface area contributed by atoms with Gasteiger partial charge in [0.1, 0.15) is 11.6 Å². The number of halogens is 2. The van der Waals surface area contributed by atoms with Crippen molar-refractivity contribution >= 4 is 11.6 Å². The van der Waals surface area contributed by atoms with Crippen LogP contribution < -0.4 is 4.74 Å². The third-order valence-electron chi connectivity index (χ3n) is 2.18. The zero-order valence-corrected chi connectivity index (χ0v) is 9.87. The standard InChI is InChI=1S/C11H10ClFN2O2/c1-16-7-2-3-8(9(13)6-7)11-15-14-10(17-11)4-5-12/h2-3,6H,4-5H2,1H3. The summed E-state index contributed by atoms with van der Waals surface area (Å²) in [5, 5.41) is 7.53. The van der Waals surface area contributed by atoms with Crippen molar-refractivity contribution in [3.63, 3.8) is 0 Å². The number of hydrogen-bond donors (Lipinski definition) is 0. The number of methoxy groups -OCH3 is 1. The molecule has 0 bridgehead atoms. The highest BCUT2D eigenvalue weighted by molar-refractivity contribution is 6.17. The van der Waals surface area contributed by atoms with Crippen LogP contribution in [0.25, 0.3) is 11.5 Å². The van der Waals surface area contributed by atoms with E-state index in [4.69, 9.17) is 20.8 Å². The first-order chi connectivity index (χ1) is 8.24. The van der Waals surface area contributed by atoms with Gasteiger partial charge in [0.15, 0.2) is 0 Å². The minimum Gasteiger partial charge on any atom is -0.497 e. The smallest absolute Gasteiger partial charge is 0.250 e. The lowest BCUT2D eigenvalue weighted by Gasteiger charge is -2.01. The molecule has 4 nitrogen and oxygen atoms in total. The quantitative estimate of drug-likeness (QED) is 0.789. The first-order valence-corrected chi connectivity index (χ1v) is 5.50. The summed E-state index contributed by atoms with van der Waals surface area (Å²) < 4.78 is 23.9. The van der Waals surface area contributed by atoms with Gasteiger partial charge in [0.05, 0.1) is 12.7 Å². The number of alkyl halides is 1. The Morgan fingerprint density at radius 1 is 1.41 bits per heavy atom. The number of benzene rings is 1. The van der Waals surface area contributed by atoms with Gasteiger partial charge in [-0.05, 0) is 12.1 Å². The van der Waals surface area contributed by atoms with Gasteiger partial charge in [-0.2, -0.15) is 0 Å². The highest BCUT2D eigenvalue weighted by Crippen LogP contribution is 2.25. The van der Waals surface area contributed by atoms with Crippen molar-refractivity contribution in [2.75, 3.05) is 13.0 Å². The molecule has 0 saturated carbocycles. The topological polar surface area (TPSA) is 48.2 Å². The van der Waals surface area contributed by atoms with Gasteiger partial charge in [0, 0.05) is 18.4 Å². The van der Waals surface area contributed by atoms with Crippen LogP contribution in [0.15, 0.2) is 22.6 Å². The fourth-order valence-corrected chi connectivity index (χ4v) is 1.50. The van der Waals surface area contributed by atoms with Crippen molar-refractivity contribution in [3.8, 4) is 17.2 Å². The van der Waals surface area contributed by atoms with Gasteiger partial charge in [-0.1, -0.05) is 0 Å². The van der Waals surface area contributed by atoms with E-state index in [0.29, 0.717) is 23.9 Å². The molecular weight excluding hydrogens is 247 g/mol. The lowest BCUT2D eigenvalue weighted by molar-refractivity contribution is 0.411. The van der Waals surface area contributed by atoms with Crippen molar-refractivity contribution in [1.82, 2.24) is 10.2 Å². The predicted octanol–water partition coefficient (Wildman–Crippen LogP) is 2.67. The fourth-order valence-electron chi connectivity index (χ4n) is 1.34. The minimum absolute atomic E-state index is 0.144. The molecule has 1 heterocycles. The normalized spacial score (nSPS) is 10.5. The van der Waals surface area contributed by atoms with E-state index in [1.54, 1.807) is 6.07 Å². The molecule has 0 atom stereocenters. The number of ether oxygens (including phenoxy) is 1. The van der Waals surface area contributed by atoms with Crippen molar-refractivity contribution in [2.45, 2.75) is 6.42 Å². The largest absolute Gasteiger partial charge is 0.497 e. The van der Waals surface area contributed by atoms with E-state index in [2.05, 4.69) is 10.2 Å². The summed E-state index contributed by atoms with van der Waals surface area (Å²) in [7, 11) is 1.47. The molecule has 0 saturated heterocycles. The first kappa shape index (κ1) is 11.9. The van der Waals surface area contributed by atoms with E-state index >= 15 is 0 Å². The Labute approximate surface area is 102 Å². The van der Waals surface area contributed by atoms with Gasteiger partial charge in [-0.3, -0.25) is 0 Å². The second-order valence-corrected chi connectivity index (χ2v) is 3.66. The minimum atomic E-state index is -0.467. The Kier molecular flexibility index (Phi) is 3.58. The summed E-state index contributed by atoms with van der Waals surface area (Å²) in [5.41, 5.74) is 0.249. The molecule has 90 valence electrons. The molecule has 0 aliphatic heterocycles. The summed E-state index contributed by atoms with van der Waals surface area (Å²) in [5.74, 6) is 0.889. The highest BCUT2D eigenvalue weighted by atomic mass is 35.5. The van der Waals surface area contributed by atoms with Gasteiger partial charge >= 0.3 is 0 Å². The third-order valence-corrected chi connectivity index (χ3v) is 2.37. The Morgan fingerprint density at radius 2 is 2.24 bits per heavy atom. The lowest BCUT2D eigenvalue weighted by Crippen LogP contribution is -1.88. The van der Waals surface area contributed by atoms with Crippen molar-refractivity contribution in [1.29, 1.82) is 0 Å². The molecule has 2 aromatic rings. The average molecular weight is 257 g/mol. The lowest BCUT2D eigenvalue weighted by atomic mass is 10.2. The molecule has 0 amide bonds. The molecule has 0 aliphatic carbocycles. The molecule has 0 radical (unpaired) electrons. The average Bonchev–Trinajstić information content (AvgIpc) is 2.78. The molecule has 0 N–H and O–H groups in total. The van der Waals surface area contributed by atoms with E-state index in [0.717, 1.165) is 0 Å². The van der Waals surface area contributed by atoms with Crippen molar-refractivity contribution in [2.24, 2.45) is 0 Å². The van der Waals surface area contributed by atoms with Crippen LogP contribution in [-0.2, 0) is 6.42 Å². The van der Waals surface area contributed by atoms with E-state index in [1.165, 1.54) is 19.2 Å². The van der Waals surface area contributed by atoms with Gasteiger partial charge < -0.3 is 9.15 Å². The monoisotopic (exact) mass is 256 g/mol. The van der Waals surface area contributed by atoms with Gasteiger partial charge in [-0.15, -0.1) is 21.8 Å².